The summed E-state index contributed by atoms with van der Waals surface area (Å²) >= 11 is 0. The number of aldehydes is 1. The number of hydrogen-bond donors (Lipinski definition) is 2. The maximum absolute atomic E-state index is 12.1. The molecular weight excluding hydrogens is 342 g/mol. The van der Waals surface area contributed by atoms with E-state index in [1.807, 2.05) is 0 Å². The summed E-state index contributed by atoms with van der Waals surface area (Å²) in [5.41, 5.74) is 3.44. The summed E-state index contributed by atoms with van der Waals surface area (Å²) in [6.45, 7) is 9.85. The Morgan fingerprint density at radius 2 is 2.20 bits per heavy atom. The lowest BCUT2D eigenvalue weighted by molar-refractivity contribution is -0.150. The van der Waals surface area contributed by atoms with Gasteiger partial charge in [-0.25, -0.2) is 4.79 Å². The van der Waals surface area contributed by atoms with Gasteiger partial charge in [0.1, 0.15) is 12.0 Å². The third-order valence-electron chi connectivity index (χ3n) is 5.17. The van der Waals surface area contributed by atoms with Crippen molar-refractivity contribution in [1.82, 2.24) is 9.55 Å². The lowest BCUT2D eigenvalue weighted by atomic mass is 10.00. The van der Waals surface area contributed by atoms with Crippen LogP contribution in [-0.2, 0) is 14.0 Å². The van der Waals surface area contributed by atoms with Crippen LogP contribution in [0, 0.1) is 0 Å². The molecule has 25 heavy (non-hydrogen) atoms. The van der Waals surface area contributed by atoms with Gasteiger partial charge in [-0.15, -0.1) is 0 Å². The molecule has 1 aliphatic rings. The van der Waals surface area contributed by atoms with Gasteiger partial charge in [0.2, 0.25) is 0 Å². The first-order valence-corrected chi connectivity index (χ1v) is 11.1. The molecule has 1 aromatic rings. The minimum atomic E-state index is -2.22. The van der Waals surface area contributed by atoms with E-state index in [1.54, 1.807) is 0 Å². The molecule has 0 amide bonds. The second-order valence-corrected chi connectivity index (χ2v) is 12.7. The Morgan fingerprint density at radius 1 is 1.56 bits per heavy atom. The number of carbonyl (C=O) groups excluding carboxylic acids is 1. The van der Waals surface area contributed by atoms with Gasteiger partial charge >= 0.3 is 5.69 Å². The van der Waals surface area contributed by atoms with Gasteiger partial charge in [0, 0.05) is 12.6 Å². The minimum Gasteiger partial charge on any atom is -0.410 e. The second-order valence-electron chi connectivity index (χ2n) is 7.95. The van der Waals surface area contributed by atoms with E-state index < -0.39 is 38.5 Å². The smallest absolute Gasteiger partial charge is 0.351 e. The summed E-state index contributed by atoms with van der Waals surface area (Å²) in [7, 11) is -2.22. The lowest BCUT2D eigenvalue weighted by Crippen LogP contribution is -2.53. The lowest BCUT2D eigenvalue weighted by Gasteiger charge is -2.40. The van der Waals surface area contributed by atoms with E-state index in [-0.39, 0.29) is 17.3 Å². The van der Waals surface area contributed by atoms with E-state index in [2.05, 4.69) is 38.8 Å². The van der Waals surface area contributed by atoms with Gasteiger partial charge in [-0.3, -0.25) is 9.36 Å². The molecule has 1 unspecified atom stereocenters. The number of carbonyl (C=O) groups is 1. The van der Waals surface area contributed by atoms with Crippen molar-refractivity contribution in [3.63, 3.8) is 0 Å². The second kappa shape index (κ2) is 6.64. The number of rotatable bonds is 5. The summed E-state index contributed by atoms with van der Waals surface area (Å²) < 4.78 is 13.4. The monoisotopic (exact) mass is 369 g/mol. The Hall–Kier alpha value is -1.55. The number of hydrogen-bond acceptors (Lipinski definition) is 7. The fraction of sp³-hybridized carbons (Fsp3) is 0.688. The molecule has 0 spiro atoms. The number of aromatic nitrogens is 2. The molecule has 9 heteroatoms. The van der Waals surface area contributed by atoms with Crippen LogP contribution in [0.2, 0.25) is 18.1 Å². The van der Waals surface area contributed by atoms with Crippen molar-refractivity contribution in [2.75, 3.05) is 12.3 Å². The Labute approximate surface area is 148 Å². The summed E-state index contributed by atoms with van der Waals surface area (Å²) in [4.78, 5) is 27.5. The normalized spacial score (nSPS) is 27.4. The first-order chi connectivity index (χ1) is 11.5. The van der Waals surface area contributed by atoms with E-state index in [9.17, 15) is 14.7 Å². The van der Waals surface area contributed by atoms with E-state index in [0.29, 0.717) is 6.29 Å². The highest BCUT2D eigenvalue weighted by Gasteiger charge is 2.53. The molecule has 1 saturated heterocycles. The number of ether oxygens (including phenoxy) is 1. The largest absolute Gasteiger partial charge is 0.410 e. The molecule has 140 valence electrons. The highest BCUT2D eigenvalue weighted by molar-refractivity contribution is 6.74. The fourth-order valence-corrected chi connectivity index (χ4v) is 3.90. The molecule has 1 aromatic heterocycles. The van der Waals surface area contributed by atoms with Crippen molar-refractivity contribution in [2.45, 2.75) is 63.3 Å². The van der Waals surface area contributed by atoms with Gasteiger partial charge in [-0.1, -0.05) is 20.8 Å². The Balaban J connectivity index is 2.36. The summed E-state index contributed by atoms with van der Waals surface area (Å²) in [6.07, 6.45) is 0.896. The summed E-state index contributed by atoms with van der Waals surface area (Å²) in [5, 5.41) is 9.75. The minimum absolute atomic E-state index is 0.0746. The highest BCUT2D eigenvalue weighted by Crippen LogP contribution is 2.43. The topological polar surface area (TPSA) is 117 Å². The highest BCUT2D eigenvalue weighted by atomic mass is 28.4. The zero-order valence-electron chi connectivity index (χ0n) is 15.4. The number of nitrogen functional groups attached to an aromatic ring is 1. The average molecular weight is 369 g/mol. The number of anilines is 1. The molecule has 1 fully saturated rings. The van der Waals surface area contributed by atoms with Gasteiger partial charge in [0.15, 0.2) is 20.2 Å². The van der Waals surface area contributed by atoms with Gasteiger partial charge in [-0.05, 0) is 24.2 Å². The van der Waals surface area contributed by atoms with Crippen LogP contribution in [0.25, 0.3) is 0 Å². The molecule has 2 rings (SSSR count). The van der Waals surface area contributed by atoms with E-state index in [0.717, 1.165) is 0 Å². The molecule has 3 N–H and O–H groups in total. The maximum Gasteiger partial charge on any atom is 0.351 e. The standard InChI is InChI=1S/C16H27N3O5Si/c1-15(2,3)25(4,5)24-11-8-13(23-16(11,9-20)10-21)19-7-6-12(17)18-14(19)22/h6-7,9,11,13,21H,8,10H2,1-5H3,(H2,17,18,22)/t11?,13-,16-/m1/s1. The molecule has 3 atom stereocenters. The fourth-order valence-electron chi connectivity index (χ4n) is 2.54. The maximum atomic E-state index is 12.1. The average Bonchev–Trinajstić information content (AvgIpc) is 2.84. The quantitative estimate of drug-likeness (QED) is 0.589. The van der Waals surface area contributed by atoms with Crippen LogP contribution < -0.4 is 11.4 Å². The van der Waals surface area contributed by atoms with Crippen LogP contribution in [-0.4, -0.2) is 47.6 Å². The number of nitrogens with zero attached hydrogens (tertiary/aromatic N) is 2. The van der Waals surface area contributed by atoms with Crippen molar-refractivity contribution < 1.29 is 19.1 Å². The van der Waals surface area contributed by atoms with Crippen LogP contribution in [0.5, 0.6) is 0 Å². The first-order valence-electron chi connectivity index (χ1n) is 8.23. The summed E-state index contributed by atoms with van der Waals surface area (Å²) in [5.74, 6) is 0.108. The van der Waals surface area contributed by atoms with E-state index >= 15 is 0 Å². The molecule has 8 nitrogen and oxygen atoms in total. The van der Waals surface area contributed by atoms with E-state index in [1.165, 1.54) is 16.8 Å². The van der Waals surface area contributed by atoms with Crippen molar-refractivity contribution in [3.8, 4) is 0 Å². The van der Waals surface area contributed by atoms with Gasteiger partial charge < -0.3 is 20.0 Å². The van der Waals surface area contributed by atoms with Crippen LogP contribution in [0.15, 0.2) is 17.1 Å². The van der Waals surface area contributed by atoms with Crippen LogP contribution in [0.3, 0.4) is 0 Å². The van der Waals surface area contributed by atoms with Gasteiger partial charge in [0.25, 0.3) is 0 Å². The van der Waals surface area contributed by atoms with Crippen LogP contribution in [0.4, 0.5) is 5.82 Å². The number of nitrogens with two attached hydrogens (primary N) is 1. The Morgan fingerprint density at radius 3 is 2.68 bits per heavy atom. The molecule has 0 aliphatic carbocycles. The SMILES string of the molecule is CC(C)(C)[Si](C)(C)OC1C[C@H](n2ccc(N)nc2=O)O[C@]1(C=O)CO. The molecule has 0 bridgehead atoms. The molecular formula is C16H27N3O5Si. The van der Waals surface area contributed by atoms with Crippen molar-refractivity contribution in [3.05, 3.63) is 22.7 Å². The zero-order valence-corrected chi connectivity index (χ0v) is 16.4. The number of aliphatic hydroxyl groups is 1. The third-order valence-corrected chi connectivity index (χ3v) is 9.65. The molecule has 0 saturated carbocycles. The predicted molar refractivity (Wildman–Crippen MR) is 95.6 cm³/mol. The summed E-state index contributed by atoms with van der Waals surface area (Å²) in [6, 6.07) is 1.48. The molecule has 0 radical (unpaired) electrons. The predicted octanol–water partition coefficient (Wildman–Crippen LogP) is 1.06. The molecule has 1 aliphatic heterocycles. The van der Waals surface area contributed by atoms with Crippen molar-refractivity contribution in [1.29, 1.82) is 0 Å². The Kier molecular flexibility index (Phi) is 5.25. The van der Waals surface area contributed by atoms with Crippen LogP contribution in [0.1, 0.15) is 33.4 Å². The molecule has 0 aromatic carbocycles. The van der Waals surface area contributed by atoms with Crippen molar-refractivity contribution in [2.24, 2.45) is 0 Å². The van der Waals surface area contributed by atoms with Crippen molar-refractivity contribution >= 4 is 20.4 Å². The molecule has 2 heterocycles. The van der Waals surface area contributed by atoms with Crippen LogP contribution >= 0.6 is 0 Å². The first kappa shape index (κ1) is 19.8. The third kappa shape index (κ3) is 3.69. The van der Waals surface area contributed by atoms with Gasteiger partial charge in [-0.2, -0.15) is 4.98 Å². The Bertz CT molecular complexity index is 700. The van der Waals surface area contributed by atoms with E-state index in [4.69, 9.17) is 14.9 Å². The van der Waals surface area contributed by atoms with Gasteiger partial charge in [0.05, 0.1) is 12.7 Å². The number of aliphatic hydroxyl groups excluding tert-OH is 1. The zero-order chi connectivity index (χ0) is 19.0.